The number of rotatable bonds is 2. The lowest BCUT2D eigenvalue weighted by Gasteiger charge is -2.17. The van der Waals surface area contributed by atoms with E-state index < -0.39 is 0 Å². The van der Waals surface area contributed by atoms with Gasteiger partial charge < -0.3 is 5.11 Å². The van der Waals surface area contributed by atoms with Gasteiger partial charge >= 0.3 is 0 Å². The Labute approximate surface area is 113 Å². The van der Waals surface area contributed by atoms with E-state index >= 15 is 0 Å². The summed E-state index contributed by atoms with van der Waals surface area (Å²) < 4.78 is 0. The minimum absolute atomic E-state index is 0.0906. The van der Waals surface area contributed by atoms with Crippen LogP contribution in [0.5, 0.6) is 0 Å². The summed E-state index contributed by atoms with van der Waals surface area (Å²) in [4.78, 5) is 0. The molecule has 1 unspecified atom stereocenters. The fraction of sp³-hybridized carbons (Fsp3) is 0.222. The maximum Gasteiger partial charge on any atom is 0.0690 e. The van der Waals surface area contributed by atoms with Gasteiger partial charge in [-0.1, -0.05) is 59.7 Å². The molecule has 1 atom stereocenters. The van der Waals surface area contributed by atoms with Crippen LogP contribution in [0.25, 0.3) is 10.8 Å². The third-order valence-electron chi connectivity index (χ3n) is 3.95. The summed E-state index contributed by atoms with van der Waals surface area (Å²) in [5, 5.41) is 12.1. The van der Waals surface area contributed by atoms with Crippen molar-refractivity contribution in [3.8, 4) is 0 Å². The highest BCUT2D eigenvalue weighted by atomic mass is 16.3. The normalized spacial score (nSPS) is 18.6. The summed E-state index contributed by atoms with van der Waals surface area (Å²) in [6.07, 6.45) is 4.50. The summed E-state index contributed by atoms with van der Waals surface area (Å²) in [5.41, 5.74) is 4.94. The second-order valence-corrected chi connectivity index (χ2v) is 5.29. The van der Waals surface area contributed by atoms with E-state index in [2.05, 4.69) is 50.3 Å². The summed E-state index contributed by atoms with van der Waals surface area (Å²) >= 11 is 0. The Morgan fingerprint density at radius 2 is 1.84 bits per heavy atom. The minimum atomic E-state index is 0.0906. The summed E-state index contributed by atoms with van der Waals surface area (Å²) in [7, 11) is 0. The maximum atomic E-state index is 9.79. The lowest BCUT2D eigenvalue weighted by Crippen LogP contribution is -2.01. The van der Waals surface area contributed by atoms with Crippen molar-refractivity contribution in [1.82, 2.24) is 0 Å². The molecule has 0 radical (unpaired) electrons. The second-order valence-electron chi connectivity index (χ2n) is 5.29. The molecule has 0 aliphatic heterocycles. The zero-order chi connectivity index (χ0) is 13.4. The van der Waals surface area contributed by atoms with E-state index in [-0.39, 0.29) is 6.61 Å². The Morgan fingerprint density at radius 1 is 1.05 bits per heavy atom. The quantitative estimate of drug-likeness (QED) is 0.841. The number of fused-ring (bicyclic) bond motifs is 1. The van der Waals surface area contributed by atoms with Crippen molar-refractivity contribution < 1.29 is 5.11 Å². The molecule has 2 aromatic carbocycles. The first-order chi connectivity index (χ1) is 9.20. The molecule has 1 N–H and O–H groups in total. The molecule has 3 rings (SSSR count). The molecule has 0 saturated heterocycles. The number of aliphatic hydroxyl groups excluding tert-OH is 1. The van der Waals surface area contributed by atoms with Crippen LogP contribution in [-0.4, -0.2) is 5.11 Å². The van der Waals surface area contributed by atoms with Crippen molar-refractivity contribution >= 4 is 10.8 Å². The highest BCUT2D eigenvalue weighted by Gasteiger charge is 2.19. The van der Waals surface area contributed by atoms with Crippen molar-refractivity contribution in [1.29, 1.82) is 0 Å². The second kappa shape index (κ2) is 4.67. The van der Waals surface area contributed by atoms with Crippen molar-refractivity contribution in [3.63, 3.8) is 0 Å². The smallest absolute Gasteiger partial charge is 0.0690 e. The van der Waals surface area contributed by atoms with Gasteiger partial charge in [-0.2, -0.15) is 0 Å². The average molecular weight is 250 g/mol. The fourth-order valence-electron chi connectivity index (χ4n) is 3.05. The van der Waals surface area contributed by atoms with Crippen molar-refractivity contribution in [3.05, 3.63) is 70.8 Å². The minimum Gasteiger partial charge on any atom is -0.392 e. The topological polar surface area (TPSA) is 20.2 Å². The summed E-state index contributed by atoms with van der Waals surface area (Å²) in [6.45, 7) is 4.38. The van der Waals surface area contributed by atoms with Gasteiger partial charge in [-0.15, -0.1) is 0 Å². The van der Waals surface area contributed by atoms with Crippen molar-refractivity contribution in [2.75, 3.05) is 0 Å². The number of benzene rings is 2. The Morgan fingerprint density at radius 3 is 2.53 bits per heavy atom. The van der Waals surface area contributed by atoms with Gasteiger partial charge in [0.15, 0.2) is 0 Å². The van der Waals surface area contributed by atoms with Crippen LogP contribution >= 0.6 is 0 Å². The first-order valence-corrected chi connectivity index (χ1v) is 6.68. The molecule has 1 heteroatoms. The SMILES string of the molecule is CC1=CC(c2ccc3ccccc3c2CO)C(C)=C1. The van der Waals surface area contributed by atoms with E-state index in [0.717, 1.165) is 10.9 Å². The highest BCUT2D eigenvalue weighted by Crippen LogP contribution is 2.37. The zero-order valence-corrected chi connectivity index (χ0v) is 11.4. The van der Waals surface area contributed by atoms with Crippen molar-refractivity contribution in [2.24, 2.45) is 0 Å². The van der Waals surface area contributed by atoms with E-state index in [1.807, 2.05) is 12.1 Å². The van der Waals surface area contributed by atoms with Gasteiger partial charge in [-0.3, -0.25) is 0 Å². The monoisotopic (exact) mass is 250 g/mol. The van der Waals surface area contributed by atoms with Gasteiger partial charge in [0.25, 0.3) is 0 Å². The van der Waals surface area contributed by atoms with Gasteiger partial charge in [0.2, 0.25) is 0 Å². The van der Waals surface area contributed by atoms with Crippen LogP contribution < -0.4 is 0 Å². The molecule has 1 nitrogen and oxygen atoms in total. The molecule has 0 saturated carbocycles. The lowest BCUT2D eigenvalue weighted by atomic mass is 9.88. The zero-order valence-electron chi connectivity index (χ0n) is 11.4. The molecule has 0 aromatic heterocycles. The van der Waals surface area contributed by atoms with Crippen molar-refractivity contribution in [2.45, 2.75) is 26.4 Å². The van der Waals surface area contributed by atoms with Crippen LogP contribution in [0.4, 0.5) is 0 Å². The lowest BCUT2D eigenvalue weighted by molar-refractivity contribution is 0.282. The van der Waals surface area contributed by atoms with Crippen LogP contribution in [0.3, 0.4) is 0 Å². The van der Waals surface area contributed by atoms with Crippen LogP contribution in [0.15, 0.2) is 59.7 Å². The molecule has 2 aromatic rings. The largest absolute Gasteiger partial charge is 0.392 e. The Hall–Kier alpha value is -1.86. The molecule has 0 spiro atoms. The van der Waals surface area contributed by atoms with Crippen LogP contribution in [-0.2, 0) is 6.61 Å². The first kappa shape index (κ1) is 12.2. The third kappa shape index (κ3) is 2.00. The number of hydrogen-bond donors (Lipinski definition) is 1. The molecule has 1 aliphatic rings. The molecule has 0 amide bonds. The van der Waals surface area contributed by atoms with Crippen LogP contribution in [0, 0.1) is 0 Å². The first-order valence-electron chi connectivity index (χ1n) is 6.68. The summed E-state index contributed by atoms with van der Waals surface area (Å²) in [6, 6.07) is 12.6. The van der Waals surface area contributed by atoms with E-state index in [1.54, 1.807) is 0 Å². The van der Waals surface area contributed by atoms with Gasteiger partial charge in [-0.05, 0) is 35.7 Å². The van der Waals surface area contributed by atoms with E-state index in [1.165, 1.54) is 22.1 Å². The van der Waals surface area contributed by atoms with E-state index in [4.69, 9.17) is 0 Å². The third-order valence-corrected chi connectivity index (χ3v) is 3.95. The maximum absolute atomic E-state index is 9.79. The predicted molar refractivity (Wildman–Crippen MR) is 80.1 cm³/mol. The fourth-order valence-corrected chi connectivity index (χ4v) is 3.05. The molecule has 19 heavy (non-hydrogen) atoms. The van der Waals surface area contributed by atoms with Gasteiger partial charge in [0.05, 0.1) is 6.61 Å². The Bertz CT molecular complexity index is 692. The van der Waals surface area contributed by atoms with Crippen LogP contribution in [0.1, 0.15) is 30.9 Å². The average Bonchev–Trinajstić information content (AvgIpc) is 2.76. The molecule has 1 aliphatic carbocycles. The molecular weight excluding hydrogens is 232 g/mol. The number of aliphatic hydroxyl groups is 1. The number of hydrogen-bond acceptors (Lipinski definition) is 1. The number of allylic oxidation sites excluding steroid dienone is 4. The Kier molecular flexibility index (Phi) is 3.00. The molecule has 0 bridgehead atoms. The van der Waals surface area contributed by atoms with E-state index in [0.29, 0.717) is 5.92 Å². The van der Waals surface area contributed by atoms with Gasteiger partial charge in [0, 0.05) is 5.92 Å². The molecular formula is C18H18O. The van der Waals surface area contributed by atoms with Crippen LogP contribution in [0.2, 0.25) is 0 Å². The van der Waals surface area contributed by atoms with Gasteiger partial charge in [-0.25, -0.2) is 0 Å². The standard InChI is InChI=1S/C18H18O/c1-12-9-13(2)17(10-12)16-8-7-14-5-3-4-6-15(14)18(16)11-19/h3-10,17,19H,11H2,1-2H3. The molecule has 0 fully saturated rings. The summed E-state index contributed by atoms with van der Waals surface area (Å²) in [5.74, 6) is 0.312. The van der Waals surface area contributed by atoms with E-state index in [9.17, 15) is 5.11 Å². The van der Waals surface area contributed by atoms with Gasteiger partial charge in [0.1, 0.15) is 0 Å². The predicted octanol–water partition coefficient (Wildman–Crippen LogP) is 4.32. The molecule has 96 valence electrons. The Balaban J connectivity index is 2.22. The molecule has 0 heterocycles. The highest BCUT2D eigenvalue weighted by molar-refractivity contribution is 5.87.